The number of nitrogens with zero attached hydrogens (tertiary/aromatic N) is 1. The van der Waals surface area contributed by atoms with Gasteiger partial charge in [0.1, 0.15) is 5.75 Å². The molecule has 0 unspecified atom stereocenters. The molecule has 5 nitrogen and oxygen atoms in total. The topological polar surface area (TPSA) is 63.7 Å². The molecule has 2 aromatic carbocycles. The molecule has 1 saturated heterocycles. The van der Waals surface area contributed by atoms with Gasteiger partial charge in [0.05, 0.1) is 17.5 Å². The van der Waals surface area contributed by atoms with E-state index in [9.17, 15) is 14.4 Å². The minimum Gasteiger partial charge on any atom is -0.483 e. The van der Waals surface area contributed by atoms with Crippen molar-refractivity contribution in [2.75, 3.05) is 11.5 Å². The van der Waals surface area contributed by atoms with Gasteiger partial charge in [-0.15, -0.1) is 0 Å². The lowest BCUT2D eigenvalue weighted by molar-refractivity contribution is -0.123. The zero-order chi connectivity index (χ0) is 22.7. The summed E-state index contributed by atoms with van der Waals surface area (Å²) >= 11 is 7.43. The van der Waals surface area contributed by atoms with E-state index >= 15 is 0 Å². The van der Waals surface area contributed by atoms with E-state index in [0.29, 0.717) is 17.0 Å². The highest BCUT2D eigenvalue weighted by Crippen LogP contribution is 2.60. The van der Waals surface area contributed by atoms with Gasteiger partial charge in [-0.05, 0) is 61.4 Å². The highest BCUT2D eigenvalue weighted by molar-refractivity contribution is 9.12. The van der Waals surface area contributed by atoms with Crippen molar-refractivity contribution in [1.29, 1.82) is 0 Å². The highest BCUT2D eigenvalue weighted by Gasteiger charge is 2.66. The van der Waals surface area contributed by atoms with E-state index in [4.69, 9.17) is 4.74 Å². The minimum absolute atomic E-state index is 0.148. The minimum atomic E-state index is -0.295. The molecule has 0 spiro atoms. The van der Waals surface area contributed by atoms with E-state index in [2.05, 4.69) is 31.9 Å². The molecular formula is C25H23Br2NO4. The Morgan fingerprint density at radius 3 is 2.22 bits per heavy atom. The first-order valence-corrected chi connectivity index (χ1v) is 12.6. The number of halogens is 2. The van der Waals surface area contributed by atoms with Gasteiger partial charge in [0.15, 0.2) is 12.4 Å². The lowest BCUT2D eigenvalue weighted by atomic mass is 9.81. The van der Waals surface area contributed by atoms with Crippen molar-refractivity contribution in [3.8, 4) is 5.75 Å². The molecule has 1 heterocycles. The van der Waals surface area contributed by atoms with Crippen molar-refractivity contribution in [2.45, 2.75) is 29.9 Å². The van der Waals surface area contributed by atoms with Gasteiger partial charge < -0.3 is 4.74 Å². The number of carbonyl (C=O) groups excluding carboxylic acids is 3. The molecule has 166 valence electrons. The second-order valence-corrected chi connectivity index (χ2v) is 11.1. The highest BCUT2D eigenvalue weighted by atomic mass is 79.9. The predicted octanol–water partition coefficient (Wildman–Crippen LogP) is 4.85. The number of hydrogen-bond acceptors (Lipinski definition) is 4. The Morgan fingerprint density at radius 1 is 0.969 bits per heavy atom. The SMILES string of the molecule is Cc1ccc(C(=O)COc2ccccc2N2C(=O)[C@@H]3[C@@H]4C[C@H]([C@H](Br)[C@@H]4Br)[C@@H]3C2=O)cc1C. The number of anilines is 1. The number of hydrogen-bond donors (Lipinski definition) is 0. The van der Waals surface area contributed by atoms with E-state index in [0.717, 1.165) is 17.5 Å². The molecule has 2 bridgehead atoms. The van der Waals surface area contributed by atoms with Crippen LogP contribution >= 0.6 is 31.9 Å². The summed E-state index contributed by atoms with van der Waals surface area (Å²) in [6, 6.07) is 12.5. The zero-order valence-electron chi connectivity index (χ0n) is 17.8. The van der Waals surface area contributed by atoms with Crippen LogP contribution in [0.2, 0.25) is 0 Å². The predicted molar refractivity (Wildman–Crippen MR) is 129 cm³/mol. The van der Waals surface area contributed by atoms with Crippen LogP contribution in [0, 0.1) is 37.5 Å². The normalized spacial score (nSPS) is 30.7. The van der Waals surface area contributed by atoms with Crippen molar-refractivity contribution in [3.63, 3.8) is 0 Å². The maximum Gasteiger partial charge on any atom is 0.238 e. The molecule has 0 aromatic heterocycles. The summed E-state index contributed by atoms with van der Waals surface area (Å²) in [6.45, 7) is 3.80. The van der Waals surface area contributed by atoms with Crippen LogP contribution in [0.15, 0.2) is 42.5 Å². The molecule has 2 aliphatic carbocycles. The molecule has 0 radical (unpaired) electrons. The van der Waals surface area contributed by atoms with Crippen LogP contribution in [0.1, 0.15) is 27.9 Å². The third-order valence-electron chi connectivity index (χ3n) is 7.28. The second kappa shape index (κ2) is 8.10. The molecule has 2 amide bonds. The lowest BCUT2D eigenvalue weighted by Crippen LogP contribution is -2.37. The van der Waals surface area contributed by atoms with Gasteiger partial charge in [0.25, 0.3) is 0 Å². The van der Waals surface area contributed by atoms with Crippen LogP contribution in [-0.4, -0.2) is 33.9 Å². The van der Waals surface area contributed by atoms with E-state index in [1.807, 2.05) is 26.0 Å². The Kier molecular flexibility index (Phi) is 5.53. The average Bonchev–Trinajstić information content (AvgIpc) is 3.39. The number of fused-ring (bicyclic) bond motifs is 5. The van der Waals surface area contributed by atoms with Crippen molar-refractivity contribution in [2.24, 2.45) is 23.7 Å². The number of ketones is 1. The third kappa shape index (κ3) is 3.27. The first kappa shape index (κ1) is 21.8. The number of amides is 2. The van der Waals surface area contributed by atoms with Gasteiger partial charge in [0, 0.05) is 15.2 Å². The van der Waals surface area contributed by atoms with Crippen LogP contribution in [-0.2, 0) is 9.59 Å². The molecule has 3 fully saturated rings. The van der Waals surface area contributed by atoms with Crippen molar-refractivity contribution >= 4 is 55.1 Å². The Hall–Kier alpha value is -1.99. The fourth-order valence-electron chi connectivity index (χ4n) is 5.49. The number of alkyl halides is 2. The van der Waals surface area contributed by atoms with Gasteiger partial charge in [-0.3, -0.25) is 14.4 Å². The molecule has 7 heteroatoms. The van der Waals surface area contributed by atoms with Crippen molar-refractivity contribution < 1.29 is 19.1 Å². The van der Waals surface area contributed by atoms with Crippen LogP contribution in [0.5, 0.6) is 5.75 Å². The van der Waals surface area contributed by atoms with Gasteiger partial charge >= 0.3 is 0 Å². The summed E-state index contributed by atoms with van der Waals surface area (Å²) in [5.74, 6) is -0.399. The Balaban J connectivity index is 1.38. The molecule has 6 atom stereocenters. The number of imide groups is 1. The van der Waals surface area contributed by atoms with Gasteiger partial charge in [-0.2, -0.15) is 0 Å². The average molecular weight is 561 g/mol. The number of benzene rings is 2. The summed E-state index contributed by atoms with van der Waals surface area (Å²) in [7, 11) is 0. The Labute approximate surface area is 203 Å². The lowest BCUT2D eigenvalue weighted by Gasteiger charge is -2.28. The van der Waals surface area contributed by atoms with E-state index < -0.39 is 0 Å². The molecule has 32 heavy (non-hydrogen) atoms. The standard InChI is InChI=1S/C25H23Br2NO4/c1-12-7-8-14(9-13(12)2)18(29)11-32-19-6-4-3-5-17(19)28-24(30)20-15-10-16(21(20)25(28)31)23(27)22(15)26/h3-9,15-16,20-23H,10-11H2,1-2H3/t15-,16-,20-,21+,22-,23+/m0/s1. The second-order valence-electron chi connectivity index (χ2n) is 8.99. The number of para-hydroxylation sites is 2. The van der Waals surface area contributed by atoms with E-state index in [-0.39, 0.29) is 57.5 Å². The zero-order valence-corrected chi connectivity index (χ0v) is 20.9. The smallest absolute Gasteiger partial charge is 0.238 e. The summed E-state index contributed by atoms with van der Waals surface area (Å²) in [6.07, 6.45) is 0.884. The summed E-state index contributed by atoms with van der Waals surface area (Å²) in [5, 5.41) is 0. The van der Waals surface area contributed by atoms with Crippen LogP contribution in [0.25, 0.3) is 0 Å². The van der Waals surface area contributed by atoms with Gasteiger partial charge in [-0.25, -0.2) is 4.90 Å². The summed E-state index contributed by atoms with van der Waals surface area (Å²) in [4.78, 5) is 41.1. The largest absolute Gasteiger partial charge is 0.483 e. The maximum atomic E-state index is 13.4. The van der Waals surface area contributed by atoms with Crippen molar-refractivity contribution in [1.82, 2.24) is 0 Å². The molecule has 1 aliphatic heterocycles. The quantitative estimate of drug-likeness (QED) is 0.298. The molecule has 2 saturated carbocycles. The fraction of sp³-hybridized carbons (Fsp3) is 0.400. The van der Waals surface area contributed by atoms with Crippen LogP contribution in [0.4, 0.5) is 5.69 Å². The Morgan fingerprint density at radius 2 is 1.59 bits per heavy atom. The monoisotopic (exact) mass is 559 g/mol. The fourth-order valence-corrected chi connectivity index (χ4v) is 7.37. The van der Waals surface area contributed by atoms with Crippen LogP contribution in [0.3, 0.4) is 0 Å². The third-order valence-corrected chi connectivity index (χ3v) is 10.5. The number of carbonyl (C=O) groups is 3. The number of ether oxygens (including phenoxy) is 1. The molecule has 3 aliphatic rings. The maximum absolute atomic E-state index is 13.4. The number of Topliss-reactive ketones (excluding diaryl/α,β-unsaturated/α-hetero) is 1. The summed E-state index contributed by atoms with van der Waals surface area (Å²) in [5.41, 5.74) is 3.16. The number of aryl methyl sites for hydroxylation is 2. The molecule has 0 N–H and O–H groups in total. The van der Waals surface area contributed by atoms with Crippen LogP contribution < -0.4 is 9.64 Å². The van der Waals surface area contributed by atoms with E-state index in [1.165, 1.54) is 4.90 Å². The molecular weight excluding hydrogens is 538 g/mol. The first-order chi connectivity index (χ1) is 15.3. The van der Waals surface area contributed by atoms with E-state index in [1.54, 1.807) is 30.3 Å². The molecule has 5 rings (SSSR count). The first-order valence-electron chi connectivity index (χ1n) is 10.8. The number of rotatable bonds is 5. The summed E-state index contributed by atoms with van der Waals surface area (Å²) < 4.78 is 5.85. The van der Waals surface area contributed by atoms with Gasteiger partial charge in [-0.1, -0.05) is 56.1 Å². The molecule has 2 aromatic rings. The van der Waals surface area contributed by atoms with Crippen molar-refractivity contribution in [3.05, 3.63) is 59.2 Å². The Bertz CT molecular complexity index is 1100. The van der Waals surface area contributed by atoms with Gasteiger partial charge in [0.2, 0.25) is 11.8 Å².